The van der Waals surface area contributed by atoms with Crippen LogP contribution in [0.5, 0.6) is 0 Å². The summed E-state index contributed by atoms with van der Waals surface area (Å²) in [6.07, 6.45) is 1.78. The molecule has 0 unspecified atom stereocenters. The Kier molecular flexibility index (Phi) is 5.69. The molecule has 2 rings (SSSR count). The van der Waals surface area contributed by atoms with Gasteiger partial charge in [-0.05, 0) is 0 Å². The first-order valence-electron chi connectivity index (χ1n) is 6.92. The van der Waals surface area contributed by atoms with Crippen molar-refractivity contribution in [1.29, 1.82) is 0 Å². The van der Waals surface area contributed by atoms with Crippen LogP contribution in [0.3, 0.4) is 0 Å². The molecule has 0 aromatic heterocycles. The van der Waals surface area contributed by atoms with Gasteiger partial charge in [0.05, 0.1) is 6.19 Å². The van der Waals surface area contributed by atoms with Gasteiger partial charge in [0, 0.05) is 23.7 Å². The van der Waals surface area contributed by atoms with Crippen LogP contribution in [0.25, 0.3) is 0 Å². The molecule has 0 saturated carbocycles. The van der Waals surface area contributed by atoms with Crippen molar-refractivity contribution in [2.24, 2.45) is 0 Å². The highest BCUT2D eigenvalue weighted by Crippen LogP contribution is 2.47. The van der Waals surface area contributed by atoms with Crippen LogP contribution in [0.4, 0.5) is 0 Å². The van der Waals surface area contributed by atoms with Gasteiger partial charge in [-0.25, -0.2) is 0 Å². The largest absolute Gasteiger partial charge is 0.261 e. The van der Waals surface area contributed by atoms with Crippen molar-refractivity contribution in [3.05, 3.63) is 86.0 Å². The zero-order valence-electron chi connectivity index (χ0n) is 12.1. The number of benzene rings is 2. The third-order valence-electron chi connectivity index (χ3n) is 3.29. The molecule has 2 aromatic rings. The van der Waals surface area contributed by atoms with Crippen molar-refractivity contribution in [2.75, 3.05) is 13.1 Å². The van der Waals surface area contributed by atoms with Crippen molar-refractivity contribution in [3.8, 4) is 0 Å². The van der Waals surface area contributed by atoms with Crippen LogP contribution in [0, 0.1) is 0 Å². The molecule has 108 valence electrons. The van der Waals surface area contributed by atoms with Crippen molar-refractivity contribution in [3.63, 3.8) is 0 Å². The summed E-state index contributed by atoms with van der Waals surface area (Å²) >= 11 is 6.23. The molecule has 0 radical (unpaired) electrons. The average molecular weight is 313 g/mol. The van der Waals surface area contributed by atoms with E-state index in [4.69, 9.17) is 11.8 Å². The fourth-order valence-electron chi connectivity index (χ4n) is 2.34. The second kappa shape index (κ2) is 7.51. The second-order valence-electron chi connectivity index (χ2n) is 4.70. The van der Waals surface area contributed by atoms with Gasteiger partial charge < -0.3 is 0 Å². The fraction of sp³-hybridized carbons (Fsp3) is 0.111. The van der Waals surface area contributed by atoms with E-state index >= 15 is 0 Å². The maximum absolute atomic E-state index is 6.23. The molecule has 0 aliphatic carbocycles. The molecule has 0 fully saturated rings. The molecule has 2 aromatic carbocycles. The van der Waals surface area contributed by atoms with Crippen LogP contribution in [0.1, 0.15) is 0 Å². The molecule has 0 saturated heterocycles. The van der Waals surface area contributed by atoms with E-state index < -0.39 is 6.19 Å². The van der Waals surface area contributed by atoms with Crippen LogP contribution in [-0.2, 0) is 11.8 Å². The van der Waals surface area contributed by atoms with Gasteiger partial charge in [0.1, 0.15) is 0 Å². The van der Waals surface area contributed by atoms with Crippen molar-refractivity contribution in [2.45, 2.75) is 0 Å². The molecular weight excluding hydrogens is 293 g/mol. The van der Waals surface area contributed by atoms with Gasteiger partial charge >= 0.3 is 0 Å². The Labute approximate surface area is 132 Å². The summed E-state index contributed by atoms with van der Waals surface area (Å²) < 4.78 is 2.31. The van der Waals surface area contributed by atoms with Crippen molar-refractivity contribution < 1.29 is 0 Å². The second-order valence-corrected chi connectivity index (χ2v) is 9.03. The Morgan fingerprint density at radius 3 is 1.52 bits per heavy atom. The highest BCUT2D eigenvalue weighted by molar-refractivity contribution is 8.20. The molecule has 0 amide bonds. The summed E-state index contributed by atoms with van der Waals surface area (Å²) in [4.78, 5) is 0. The average Bonchev–Trinajstić information content (AvgIpc) is 2.55. The van der Waals surface area contributed by atoms with Crippen LogP contribution >= 0.6 is 6.19 Å². The predicted octanol–water partition coefficient (Wildman–Crippen LogP) is 3.71. The van der Waals surface area contributed by atoms with Gasteiger partial charge in [-0.15, -0.1) is 13.2 Å². The number of rotatable bonds is 7. The quantitative estimate of drug-likeness (QED) is 0.566. The smallest absolute Gasteiger partial charge is 0.0715 e. The lowest BCUT2D eigenvalue weighted by atomic mass is 10.4. The standard InChI is InChI=1S/C18H20NPS/c1-3-15-19(16-4-2)20(21,17-11-7-5-8-12-17)18-13-9-6-10-14-18/h3-14H,1-2,15-16H2. The van der Waals surface area contributed by atoms with Gasteiger partial charge in [-0.3, -0.25) is 4.67 Å². The van der Waals surface area contributed by atoms with Crippen LogP contribution in [0.2, 0.25) is 0 Å². The Hall–Kier alpha value is -1.47. The molecule has 0 spiro atoms. The normalized spacial score (nSPS) is 11.3. The Bertz CT molecular complexity index is 583. The first-order valence-corrected chi connectivity index (χ1v) is 9.67. The summed E-state index contributed by atoms with van der Waals surface area (Å²) in [5.41, 5.74) is 0. The molecule has 0 heterocycles. The molecule has 0 atom stereocenters. The van der Waals surface area contributed by atoms with E-state index in [-0.39, 0.29) is 0 Å². The fourth-order valence-corrected chi connectivity index (χ4v) is 6.26. The number of hydrogen-bond acceptors (Lipinski definition) is 1. The summed E-state index contributed by atoms with van der Waals surface area (Å²) in [5.74, 6) is 0. The van der Waals surface area contributed by atoms with Gasteiger partial charge in [-0.2, -0.15) is 0 Å². The summed E-state index contributed by atoms with van der Waals surface area (Å²) in [6.45, 7) is 9.27. The molecule has 0 bridgehead atoms. The van der Waals surface area contributed by atoms with E-state index in [2.05, 4.69) is 66.4 Å². The molecular formula is C18H20NPS. The lowest BCUT2D eigenvalue weighted by Gasteiger charge is -2.34. The third kappa shape index (κ3) is 3.41. The molecule has 0 N–H and O–H groups in total. The molecule has 0 aliphatic heterocycles. The van der Waals surface area contributed by atoms with E-state index in [1.807, 2.05) is 24.3 Å². The maximum Gasteiger partial charge on any atom is 0.0715 e. The zero-order chi connectivity index (χ0) is 15.1. The molecule has 3 heteroatoms. The van der Waals surface area contributed by atoms with Crippen molar-refractivity contribution in [1.82, 2.24) is 4.67 Å². The predicted molar refractivity (Wildman–Crippen MR) is 98.4 cm³/mol. The Morgan fingerprint density at radius 1 is 0.810 bits per heavy atom. The third-order valence-corrected chi connectivity index (χ3v) is 8.37. The minimum atomic E-state index is -2.04. The van der Waals surface area contributed by atoms with Crippen LogP contribution in [-0.4, -0.2) is 17.8 Å². The summed E-state index contributed by atoms with van der Waals surface area (Å²) in [6, 6.07) is 20.8. The monoisotopic (exact) mass is 313 g/mol. The van der Waals surface area contributed by atoms with Gasteiger partial charge in [0.15, 0.2) is 0 Å². The van der Waals surface area contributed by atoms with Crippen LogP contribution in [0.15, 0.2) is 86.0 Å². The van der Waals surface area contributed by atoms with E-state index in [1.54, 1.807) is 0 Å². The molecule has 0 aliphatic rings. The molecule has 1 nitrogen and oxygen atoms in total. The van der Waals surface area contributed by atoms with E-state index in [9.17, 15) is 0 Å². The number of hydrogen-bond donors (Lipinski definition) is 0. The van der Waals surface area contributed by atoms with E-state index in [1.165, 1.54) is 10.6 Å². The van der Waals surface area contributed by atoms with Gasteiger partial charge in [0.25, 0.3) is 0 Å². The highest BCUT2D eigenvalue weighted by Gasteiger charge is 2.28. The zero-order valence-corrected chi connectivity index (χ0v) is 13.8. The first-order chi connectivity index (χ1) is 10.2. The first kappa shape index (κ1) is 15.9. The number of nitrogens with zero attached hydrogens (tertiary/aromatic N) is 1. The van der Waals surface area contributed by atoms with E-state index in [0.29, 0.717) is 0 Å². The van der Waals surface area contributed by atoms with Gasteiger partial charge in [-0.1, -0.05) is 84.6 Å². The van der Waals surface area contributed by atoms with Crippen molar-refractivity contribution >= 4 is 28.6 Å². The maximum atomic E-state index is 6.23. The summed E-state index contributed by atoms with van der Waals surface area (Å²) in [7, 11) is 0. The minimum Gasteiger partial charge on any atom is -0.261 e. The topological polar surface area (TPSA) is 3.24 Å². The SMILES string of the molecule is C=CCN(CC=C)P(=S)(c1ccccc1)c1ccccc1. The lowest BCUT2D eigenvalue weighted by Crippen LogP contribution is -2.32. The minimum absolute atomic E-state index is 0.757. The summed E-state index contributed by atoms with van der Waals surface area (Å²) in [5, 5.41) is 2.41. The molecule has 21 heavy (non-hydrogen) atoms. The van der Waals surface area contributed by atoms with Gasteiger partial charge in [0.2, 0.25) is 0 Å². The van der Waals surface area contributed by atoms with Crippen LogP contribution < -0.4 is 10.6 Å². The Morgan fingerprint density at radius 2 is 1.19 bits per heavy atom. The van der Waals surface area contributed by atoms with E-state index in [0.717, 1.165) is 13.1 Å². The Balaban J connectivity index is 2.61. The highest BCUT2D eigenvalue weighted by atomic mass is 32.4. The lowest BCUT2D eigenvalue weighted by molar-refractivity contribution is 0.567.